The fraction of sp³-hybridized carbons (Fsp3) is 0.583. The van der Waals surface area contributed by atoms with Crippen molar-refractivity contribution in [2.45, 2.75) is 31.3 Å². The van der Waals surface area contributed by atoms with Gasteiger partial charge in [-0.25, -0.2) is 4.79 Å². The van der Waals surface area contributed by atoms with Crippen LogP contribution in [0.1, 0.15) is 30.9 Å². The van der Waals surface area contributed by atoms with Crippen molar-refractivity contribution in [1.82, 2.24) is 20.4 Å². The van der Waals surface area contributed by atoms with Crippen molar-refractivity contribution in [2.24, 2.45) is 7.05 Å². The van der Waals surface area contributed by atoms with Crippen LogP contribution in [0.15, 0.2) is 12.4 Å². The van der Waals surface area contributed by atoms with Crippen molar-refractivity contribution < 1.29 is 14.7 Å². The van der Waals surface area contributed by atoms with Gasteiger partial charge in [0.05, 0.1) is 6.20 Å². The summed E-state index contributed by atoms with van der Waals surface area (Å²) in [5.41, 5.74) is 0.471. The molecular weight excluding hydrogens is 248 g/mol. The summed E-state index contributed by atoms with van der Waals surface area (Å²) in [7, 11) is 1.70. The number of aliphatic carboxylic acids is 1. The van der Waals surface area contributed by atoms with Crippen LogP contribution in [0.4, 0.5) is 0 Å². The van der Waals surface area contributed by atoms with E-state index in [4.69, 9.17) is 5.11 Å². The van der Waals surface area contributed by atoms with Crippen molar-refractivity contribution in [1.29, 1.82) is 0 Å². The van der Waals surface area contributed by atoms with Crippen LogP contribution in [0.2, 0.25) is 0 Å². The molecule has 1 aromatic rings. The van der Waals surface area contributed by atoms with Gasteiger partial charge in [-0.05, 0) is 12.8 Å². The lowest BCUT2D eigenvalue weighted by atomic mass is 10.1. The van der Waals surface area contributed by atoms with Gasteiger partial charge in [0.25, 0.3) is 0 Å². The first-order valence-corrected chi connectivity index (χ1v) is 6.30. The van der Waals surface area contributed by atoms with E-state index in [0.29, 0.717) is 18.2 Å². The zero-order valence-corrected chi connectivity index (χ0v) is 10.8. The van der Waals surface area contributed by atoms with Crippen molar-refractivity contribution in [2.75, 3.05) is 6.54 Å². The predicted molar refractivity (Wildman–Crippen MR) is 67.4 cm³/mol. The highest BCUT2D eigenvalue weighted by molar-refractivity contribution is 5.84. The molecule has 1 heterocycles. The largest absolute Gasteiger partial charge is 0.479 e. The van der Waals surface area contributed by atoms with Gasteiger partial charge >= 0.3 is 5.97 Å². The monoisotopic (exact) mass is 266 g/mol. The summed E-state index contributed by atoms with van der Waals surface area (Å²) in [5.74, 6) is -1.36. The van der Waals surface area contributed by atoms with Crippen molar-refractivity contribution in [3.63, 3.8) is 0 Å². The molecule has 7 nitrogen and oxygen atoms in total. The van der Waals surface area contributed by atoms with Gasteiger partial charge < -0.3 is 15.7 Å². The third-order valence-corrected chi connectivity index (χ3v) is 2.97. The van der Waals surface area contributed by atoms with Crippen LogP contribution in [0.25, 0.3) is 0 Å². The zero-order valence-electron chi connectivity index (χ0n) is 10.8. The number of aromatic nitrogens is 2. The summed E-state index contributed by atoms with van der Waals surface area (Å²) < 4.78 is 1.51. The Morgan fingerprint density at radius 3 is 2.84 bits per heavy atom. The van der Waals surface area contributed by atoms with E-state index >= 15 is 0 Å². The summed E-state index contributed by atoms with van der Waals surface area (Å²) in [5, 5.41) is 18.8. The average Bonchev–Trinajstić information content (AvgIpc) is 3.07. The lowest BCUT2D eigenvalue weighted by Crippen LogP contribution is -2.35. The predicted octanol–water partition coefficient (Wildman–Crippen LogP) is -0.196. The number of rotatable bonds is 7. The molecule has 1 atom stereocenters. The molecule has 7 heteroatoms. The fourth-order valence-corrected chi connectivity index (χ4v) is 1.79. The number of nitrogens with one attached hydrogen (secondary N) is 2. The molecule has 0 radical (unpaired) electrons. The highest BCUT2D eigenvalue weighted by Crippen LogP contribution is 2.18. The second kappa shape index (κ2) is 5.83. The quantitative estimate of drug-likeness (QED) is 0.635. The minimum absolute atomic E-state index is 0.274. The maximum absolute atomic E-state index is 11.7. The maximum atomic E-state index is 11.7. The Labute approximate surface area is 111 Å². The zero-order chi connectivity index (χ0) is 13.8. The number of carbonyl (C=O) groups excluding carboxylic acids is 1. The van der Waals surface area contributed by atoms with E-state index < -0.39 is 12.0 Å². The summed E-state index contributed by atoms with van der Waals surface area (Å²) in [4.78, 5) is 22.9. The summed E-state index contributed by atoms with van der Waals surface area (Å²) in [6.07, 6.45) is 5.63. The highest BCUT2D eigenvalue weighted by atomic mass is 16.4. The lowest BCUT2D eigenvalue weighted by Gasteiger charge is -2.13. The van der Waals surface area contributed by atoms with Crippen molar-refractivity contribution >= 4 is 11.9 Å². The number of carboxylic acid groups (broad SMARTS) is 1. The molecule has 1 fully saturated rings. The molecule has 1 aliphatic carbocycles. The first-order valence-electron chi connectivity index (χ1n) is 6.30. The lowest BCUT2D eigenvalue weighted by molar-refractivity contribution is -0.142. The molecule has 2 rings (SSSR count). The third kappa shape index (κ3) is 4.06. The number of nitrogens with zero attached hydrogens (tertiary/aromatic N) is 2. The van der Waals surface area contributed by atoms with Crippen molar-refractivity contribution in [3.05, 3.63) is 18.0 Å². The Bertz CT molecular complexity index is 467. The summed E-state index contributed by atoms with van der Waals surface area (Å²) in [6.45, 7) is 0.579. The molecule has 1 aromatic heterocycles. The van der Waals surface area contributed by atoms with Gasteiger partial charge in [0, 0.05) is 37.8 Å². The minimum Gasteiger partial charge on any atom is -0.479 e. The van der Waals surface area contributed by atoms with Crippen LogP contribution in [-0.4, -0.2) is 39.4 Å². The number of amides is 1. The molecule has 0 aromatic carbocycles. The number of hydrogen-bond donors (Lipinski definition) is 3. The first kappa shape index (κ1) is 13.5. The smallest absolute Gasteiger partial charge is 0.331 e. The summed E-state index contributed by atoms with van der Waals surface area (Å²) >= 11 is 0. The minimum atomic E-state index is -1.09. The van der Waals surface area contributed by atoms with Gasteiger partial charge in [0.1, 0.15) is 0 Å². The highest BCUT2D eigenvalue weighted by Gasteiger charge is 2.24. The molecule has 19 heavy (non-hydrogen) atoms. The molecule has 104 valence electrons. The van der Waals surface area contributed by atoms with Crippen LogP contribution in [0.5, 0.6) is 0 Å². The Hall–Kier alpha value is -1.89. The molecule has 0 saturated heterocycles. The molecule has 0 aliphatic heterocycles. The van der Waals surface area contributed by atoms with Crippen LogP contribution in [-0.2, 0) is 16.6 Å². The molecule has 3 N–H and O–H groups in total. The third-order valence-electron chi connectivity index (χ3n) is 2.97. The Kier molecular flexibility index (Phi) is 4.16. The van der Waals surface area contributed by atoms with Crippen LogP contribution in [0.3, 0.4) is 0 Å². The van der Waals surface area contributed by atoms with Crippen LogP contribution in [0, 0.1) is 0 Å². The van der Waals surface area contributed by atoms with E-state index in [1.54, 1.807) is 13.2 Å². The van der Waals surface area contributed by atoms with Gasteiger partial charge in [0.15, 0.2) is 6.04 Å². The Morgan fingerprint density at radius 1 is 1.58 bits per heavy atom. The summed E-state index contributed by atoms with van der Waals surface area (Å²) in [6, 6.07) is -0.497. The van der Waals surface area contributed by atoms with E-state index in [1.165, 1.54) is 10.9 Å². The average molecular weight is 266 g/mol. The normalized spacial score (nSPS) is 16.1. The van der Waals surface area contributed by atoms with Gasteiger partial charge in [-0.2, -0.15) is 5.10 Å². The van der Waals surface area contributed by atoms with Crippen LogP contribution < -0.4 is 10.6 Å². The number of aryl methyl sites for hydroxylation is 1. The number of carbonyl (C=O) groups is 2. The van der Waals surface area contributed by atoms with E-state index in [2.05, 4.69) is 15.7 Å². The molecule has 1 aliphatic rings. The van der Waals surface area contributed by atoms with Crippen LogP contribution >= 0.6 is 0 Å². The Morgan fingerprint density at radius 2 is 2.32 bits per heavy atom. The number of hydrogen-bond acceptors (Lipinski definition) is 4. The Balaban J connectivity index is 1.85. The second-order valence-electron chi connectivity index (χ2n) is 4.76. The second-order valence-corrected chi connectivity index (χ2v) is 4.76. The van der Waals surface area contributed by atoms with Gasteiger partial charge in [-0.15, -0.1) is 0 Å². The molecular formula is C12H18N4O3. The van der Waals surface area contributed by atoms with Gasteiger partial charge in [-0.1, -0.05) is 0 Å². The topological polar surface area (TPSA) is 96.2 Å². The molecule has 1 unspecified atom stereocenters. The van der Waals surface area contributed by atoms with E-state index in [0.717, 1.165) is 12.8 Å². The molecule has 1 saturated carbocycles. The van der Waals surface area contributed by atoms with E-state index in [1.807, 2.05) is 0 Å². The van der Waals surface area contributed by atoms with E-state index in [9.17, 15) is 9.59 Å². The SMILES string of the molecule is Cn1cc(C(NC(=O)CCNC2CC2)C(=O)O)cn1. The number of carboxylic acids is 1. The van der Waals surface area contributed by atoms with E-state index in [-0.39, 0.29) is 12.3 Å². The maximum Gasteiger partial charge on any atom is 0.331 e. The fourth-order valence-electron chi connectivity index (χ4n) is 1.79. The van der Waals surface area contributed by atoms with Crippen molar-refractivity contribution in [3.8, 4) is 0 Å². The molecule has 0 bridgehead atoms. The standard InChI is InChI=1S/C12H18N4O3/c1-16-7-8(6-14-16)11(12(18)19)15-10(17)4-5-13-9-2-3-9/h6-7,9,11,13H,2-5H2,1H3,(H,15,17)(H,18,19). The van der Waals surface area contributed by atoms with Gasteiger partial charge in [0.2, 0.25) is 5.91 Å². The van der Waals surface area contributed by atoms with Gasteiger partial charge in [-0.3, -0.25) is 9.48 Å². The molecule has 0 spiro atoms. The first-order chi connectivity index (χ1) is 9.06. The molecule has 1 amide bonds.